The minimum Gasteiger partial charge on any atom is -0.423 e. The molecule has 0 amide bonds. The van der Waals surface area contributed by atoms with Gasteiger partial charge in [0.05, 0.1) is 6.10 Å². The van der Waals surface area contributed by atoms with Crippen molar-refractivity contribution in [1.29, 1.82) is 0 Å². The third kappa shape index (κ3) is 2.96. The van der Waals surface area contributed by atoms with Crippen LogP contribution >= 0.6 is 0 Å². The molecule has 0 heterocycles. The monoisotopic (exact) mass is 270 g/mol. The van der Waals surface area contributed by atoms with E-state index < -0.39 is 24.2 Å². The summed E-state index contributed by atoms with van der Waals surface area (Å²) in [7, 11) is -0.337. The largest absolute Gasteiger partial charge is 0.491 e. The molecule has 6 heteroatoms. The van der Waals surface area contributed by atoms with E-state index in [1.807, 2.05) is 0 Å². The van der Waals surface area contributed by atoms with E-state index in [9.17, 15) is 8.78 Å². The van der Waals surface area contributed by atoms with Crippen molar-refractivity contribution in [3.05, 3.63) is 29.3 Å². The van der Waals surface area contributed by atoms with Gasteiger partial charge in [0.15, 0.2) is 11.6 Å². The molecule has 0 unspecified atom stereocenters. The summed E-state index contributed by atoms with van der Waals surface area (Å²) in [5.41, 5.74) is -0.108. The average molecular weight is 270 g/mol. The first-order chi connectivity index (χ1) is 9.04. The van der Waals surface area contributed by atoms with E-state index in [4.69, 9.17) is 14.8 Å². The summed E-state index contributed by atoms with van der Waals surface area (Å²) in [4.78, 5) is 0. The molecule has 104 valence electrons. The number of ether oxygens (including phenoxy) is 1. The molecule has 2 rings (SSSR count). The van der Waals surface area contributed by atoms with Crippen LogP contribution in [0.25, 0.3) is 0 Å². The van der Waals surface area contributed by atoms with Gasteiger partial charge in [-0.3, -0.25) is 0 Å². The van der Waals surface area contributed by atoms with Crippen LogP contribution in [0.15, 0.2) is 12.1 Å². The van der Waals surface area contributed by atoms with E-state index >= 15 is 0 Å². The standard InChI is InChI=1S/C13H17BF2O3/c1-19-9-4-2-8(3-5-9)10-6-7-11(14(17)18)13(16)12(10)15/h6-9,17-18H,2-5H2,1H3. The van der Waals surface area contributed by atoms with Crippen LogP contribution in [0.3, 0.4) is 0 Å². The molecule has 3 nitrogen and oxygen atoms in total. The smallest absolute Gasteiger partial charge is 0.423 e. The van der Waals surface area contributed by atoms with Crippen LogP contribution in [-0.4, -0.2) is 30.4 Å². The molecule has 1 aromatic rings. The Bertz CT molecular complexity index is 446. The van der Waals surface area contributed by atoms with Gasteiger partial charge >= 0.3 is 7.12 Å². The third-order valence-corrected chi connectivity index (χ3v) is 3.87. The third-order valence-electron chi connectivity index (χ3n) is 3.87. The lowest BCUT2D eigenvalue weighted by Gasteiger charge is -2.28. The number of benzene rings is 1. The van der Waals surface area contributed by atoms with E-state index in [0.717, 1.165) is 25.7 Å². The fourth-order valence-electron chi connectivity index (χ4n) is 2.70. The highest BCUT2D eigenvalue weighted by atomic mass is 19.2. The second kappa shape index (κ2) is 5.99. The van der Waals surface area contributed by atoms with Crippen LogP contribution < -0.4 is 5.46 Å². The molecule has 0 aromatic heterocycles. The van der Waals surface area contributed by atoms with Crippen molar-refractivity contribution in [2.75, 3.05) is 7.11 Å². The molecule has 0 radical (unpaired) electrons. The van der Waals surface area contributed by atoms with Crippen LogP contribution in [0.5, 0.6) is 0 Å². The molecule has 1 fully saturated rings. The van der Waals surface area contributed by atoms with Gasteiger partial charge in [0, 0.05) is 12.6 Å². The highest BCUT2D eigenvalue weighted by molar-refractivity contribution is 6.58. The van der Waals surface area contributed by atoms with Crippen LogP contribution in [0.4, 0.5) is 8.78 Å². The number of methoxy groups -OCH3 is 1. The Hall–Kier alpha value is -0.975. The van der Waals surface area contributed by atoms with Crippen molar-refractivity contribution in [2.24, 2.45) is 0 Å². The number of rotatable bonds is 3. The van der Waals surface area contributed by atoms with Gasteiger partial charge < -0.3 is 14.8 Å². The van der Waals surface area contributed by atoms with Gasteiger partial charge in [0.25, 0.3) is 0 Å². The van der Waals surface area contributed by atoms with Gasteiger partial charge in [-0.1, -0.05) is 12.1 Å². The van der Waals surface area contributed by atoms with Crippen molar-refractivity contribution in [3.8, 4) is 0 Å². The quantitative estimate of drug-likeness (QED) is 0.814. The molecule has 1 aliphatic carbocycles. The maximum Gasteiger partial charge on any atom is 0.491 e. The normalized spacial score (nSPS) is 23.4. The van der Waals surface area contributed by atoms with E-state index in [1.54, 1.807) is 7.11 Å². The second-order valence-electron chi connectivity index (χ2n) is 4.95. The van der Waals surface area contributed by atoms with Crippen LogP contribution in [0.2, 0.25) is 0 Å². The van der Waals surface area contributed by atoms with Gasteiger partial charge in [-0.05, 0) is 37.2 Å². The molecule has 1 aliphatic rings. The number of hydrogen-bond acceptors (Lipinski definition) is 3. The highest BCUT2D eigenvalue weighted by Gasteiger charge is 2.28. The molecule has 1 aromatic carbocycles. The minimum absolute atomic E-state index is 0.0363. The topological polar surface area (TPSA) is 49.7 Å². The second-order valence-corrected chi connectivity index (χ2v) is 4.95. The maximum atomic E-state index is 14.0. The Morgan fingerprint density at radius 1 is 1.11 bits per heavy atom. The Kier molecular flexibility index (Phi) is 4.55. The SMILES string of the molecule is COC1CCC(c2ccc(B(O)O)c(F)c2F)CC1. The summed E-state index contributed by atoms with van der Waals surface area (Å²) in [5, 5.41) is 17.9. The number of halogens is 2. The maximum absolute atomic E-state index is 14.0. The van der Waals surface area contributed by atoms with Crippen molar-refractivity contribution in [2.45, 2.75) is 37.7 Å². The molecular weight excluding hydrogens is 253 g/mol. The van der Waals surface area contributed by atoms with E-state index in [-0.39, 0.29) is 12.0 Å². The molecule has 2 N–H and O–H groups in total. The van der Waals surface area contributed by atoms with Gasteiger partial charge in [0.2, 0.25) is 0 Å². The first kappa shape index (κ1) is 14.4. The fourth-order valence-corrected chi connectivity index (χ4v) is 2.70. The first-order valence-corrected chi connectivity index (χ1v) is 6.41. The summed E-state index contributed by atoms with van der Waals surface area (Å²) in [6, 6.07) is 2.69. The summed E-state index contributed by atoms with van der Waals surface area (Å²) >= 11 is 0. The lowest BCUT2D eigenvalue weighted by atomic mass is 9.76. The van der Waals surface area contributed by atoms with Crippen molar-refractivity contribution in [3.63, 3.8) is 0 Å². The zero-order valence-electron chi connectivity index (χ0n) is 10.8. The number of hydrogen-bond donors (Lipinski definition) is 2. The van der Waals surface area contributed by atoms with Crippen LogP contribution in [0, 0.1) is 11.6 Å². The van der Waals surface area contributed by atoms with Gasteiger partial charge in [-0.15, -0.1) is 0 Å². The Balaban J connectivity index is 2.20. The van der Waals surface area contributed by atoms with Gasteiger partial charge in [-0.2, -0.15) is 0 Å². The Morgan fingerprint density at radius 3 is 2.26 bits per heavy atom. The van der Waals surface area contributed by atoms with Crippen molar-refractivity contribution >= 4 is 12.6 Å². The molecule has 19 heavy (non-hydrogen) atoms. The summed E-state index contributed by atoms with van der Waals surface area (Å²) in [6.07, 6.45) is 3.34. The average Bonchev–Trinajstić information content (AvgIpc) is 2.41. The first-order valence-electron chi connectivity index (χ1n) is 6.41. The predicted molar refractivity (Wildman–Crippen MR) is 68.2 cm³/mol. The van der Waals surface area contributed by atoms with E-state index in [0.29, 0.717) is 5.56 Å². The molecule has 0 saturated heterocycles. The summed E-state index contributed by atoms with van der Waals surface area (Å²) in [6.45, 7) is 0. The van der Waals surface area contributed by atoms with Crippen molar-refractivity contribution in [1.82, 2.24) is 0 Å². The lowest BCUT2D eigenvalue weighted by molar-refractivity contribution is 0.0655. The van der Waals surface area contributed by atoms with Crippen LogP contribution in [-0.2, 0) is 4.74 Å². The van der Waals surface area contributed by atoms with Crippen LogP contribution in [0.1, 0.15) is 37.2 Å². The molecular formula is C13H17BF2O3. The molecule has 0 aliphatic heterocycles. The minimum atomic E-state index is -1.99. The van der Waals surface area contributed by atoms with Crippen molar-refractivity contribution < 1.29 is 23.6 Å². The van der Waals surface area contributed by atoms with Gasteiger partial charge in [0.1, 0.15) is 0 Å². The van der Waals surface area contributed by atoms with E-state index in [2.05, 4.69) is 0 Å². The molecule has 0 atom stereocenters. The summed E-state index contributed by atoms with van der Waals surface area (Å²) < 4.78 is 32.9. The molecule has 0 bridgehead atoms. The molecule has 1 saturated carbocycles. The highest BCUT2D eigenvalue weighted by Crippen LogP contribution is 2.35. The Labute approximate surface area is 111 Å². The summed E-state index contributed by atoms with van der Waals surface area (Å²) in [5.74, 6) is -2.17. The fraction of sp³-hybridized carbons (Fsp3) is 0.538. The lowest BCUT2D eigenvalue weighted by Crippen LogP contribution is -2.34. The van der Waals surface area contributed by atoms with E-state index in [1.165, 1.54) is 12.1 Å². The Morgan fingerprint density at radius 2 is 1.74 bits per heavy atom. The van der Waals surface area contributed by atoms with Gasteiger partial charge in [-0.25, -0.2) is 8.78 Å². The predicted octanol–water partition coefficient (Wildman–Crippen LogP) is 1.32. The zero-order chi connectivity index (χ0) is 14.0. The zero-order valence-corrected chi connectivity index (χ0v) is 10.8. The molecule has 0 spiro atoms.